The molecule has 1 N–H and O–H groups in total. The second-order valence-electron chi connectivity index (χ2n) is 5.00. The summed E-state index contributed by atoms with van der Waals surface area (Å²) >= 11 is 0. The first kappa shape index (κ1) is 16.1. The molecule has 0 amide bonds. The summed E-state index contributed by atoms with van der Waals surface area (Å²) in [4.78, 5) is 0.290. The lowest BCUT2D eigenvalue weighted by Crippen LogP contribution is -2.37. The second-order valence-corrected chi connectivity index (χ2v) is 6.86. The van der Waals surface area contributed by atoms with Gasteiger partial charge < -0.3 is 5.11 Å². The summed E-state index contributed by atoms with van der Waals surface area (Å²) < 4.78 is 26.8. The molecule has 0 atom stereocenters. The Morgan fingerprint density at radius 2 is 1.79 bits per heavy atom. The molecule has 1 rings (SSSR count). The van der Waals surface area contributed by atoms with Crippen molar-refractivity contribution in [2.24, 2.45) is 0 Å². The second kappa shape index (κ2) is 6.03. The van der Waals surface area contributed by atoms with Crippen LogP contribution in [-0.4, -0.2) is 30.4 Å². The van der Waals surface area contributed by atoms with E-state index in [2.05, 4.69) is 0 Å². The molecule has 0 heterocycles. The Labute approximate surface area is 116 Å². The van der Waals surface area contributed by atoms with E-state index in [4.69, 9.17) is 0 Å². The van der Waals surface area contributed by atoms with Crippen LogP contribution in [0.2, 0.25) is 0 Å². The first-order valence-electron chi connectivity index (χ1n) is 6.48. The van der Waals surface area contributed by atoms with Crippen molar-refractivity contribution in [3.63, 3.8) is 0 Å². The third-order valence-corrected chi connectivity index (χ3v) is 5.57. The predicted octanol–water partition coefficient (Wildman–Crippen LogP) is 2.21. The zero-order chi connectivity index (χ0) is 14.8. The highest BCUT2D eigenvalue weighted by atomic mass is 32.2. The Morgan fingerprint density at radius 1 is 1.21 bits per heavy atom. The molecule has 19 heavy (non-hydrogen) atoms. The number of sulfonamides is 1. The van der Waals surface area contributed by atoms with E-state index in [1.165, 1.54) is 4.31 Å². The van der Waals surface area contributed by atoms with Gasteiger partial charge in [-0.05, 0) is 50.5 Å². The SMILES string of the molecule is CCN(C(C)C)S(=O)(=O)c1cc(CO)c(C)cc1C. The van der Waals surface area contributed by atoms with Crippen LogP contribution in [-0.2, 0) is 16.6 Å². The molecule has 0 aliphatic rings. The van der Waals surface area contributed by atoms with Crippen molar-refractivity contribution in [2.45, 2.75) is 52.2 Å². The van der Waals surface area contributed by atoms with Gasteiger partial charge in [0.25, 0.3) is 0 Å². The quantitative estimate of drug-likeness (QED) is 0.902. The average Bonchev–Trinajstić information content (AvgIpc) is 2.28. The van der Waals surface area contributed by atoms with Gasteiger partial charge in [-0.2, -0.15) is 4.31 Å². The normalized spacial score (nSPS) is 12.4. The van der Waals surface area contributed by atoms with E-state index in [1.807, 2.05) is 33.8 Å². The van der Waals surface area contributed by atoms with E-state index in [1.54, 1.807) is 13.0 Å². The van der Waals surface area contributed by atoms with Gasteiger partial charge in [0.05, 0.1) is 11.5 Å². The highest BCUT2D eigenvalue weighted by Crippen LogP contribution is 2.25. The molecule has 1 aromatic carbocycles. The van der Waals surface area contributed by atoms with Crippen molar-refractivity contribution >= 4 is 10.0 Å². The lowest BCUT2D eigenvalue weighted by Gasteiger charge is -2.25. The fourth-order valence-electron chi connectivity index (χ4n) is 2.26. The number of hydrogen-bond acceptors (Lipinski definition) is 3. The summed E-state index contributed by atoms with van der Waals surface area (Å²) in [5.41, 5.74) is 2.28. The monoisotopic (exact) mass is 285 g/mol. The number of aryl methyl sites for hydroxylation is 2. The van der Waals surface area contributed by atoms with Crippen LogP contribution in [0.5, 0.6) is 0 Å². The Morgan fingerprint density at radius 3 is 2.21 bits per heavy atom. The van der Waals surface area contributed by atoms with Gasteiger partial charge in [-0.3, -0.25) is 0 Å². The minimum atomic E-state index is -3.51. The number of hydrogen-bond donors (Lipinski definition) is 1. The summed E-state index contributed by atoms with van der Waals surface area (Å²) in [6.45, 7) is 9.48. The van der Waals surface area contributed by atoms with Crippen molar-refractivity contribution in [3.8, 4) is 0 Å². The minimum Gasteiger partial charge on any atom is -0.392 e. The smallest absolute Gasteiger partial charge is 0.243 e. The molecule has 0 spiro atoms. The van der Waals surface area contributed by atoms with Crippen LogP contribution in [0.1, 0.15) is 37.5 Å². The van der Waals surface area contributed by atoms with Crippen molar-refractivity contribution in [1.82, 2.24) is 4.31 Å². The Balaban J connectivity index is 3.44. The van der Waals surface area contributed by atoms with Gasteiger partial charge in [-0.25, -0.2) is 8.42 Å². The van der Waals surface area contributed by atoms with Crippen molar-refractivity contribution in [3.05, 3.63) is 28.8 Å². The standard InChI is InChI=1S/C14H23NO3S/c1-6-15(10(2)3)19(17,18)14-8-13(9-16)11(4)7-12(14)5/h7-8,10,16H,6,9H2,1-5H3. The van der Waals surface area contributed by atoms with Gasteiger partial charge in [-0.15, -0.1) is 0 Å². The largest absolute Gasteiger partial charge is 0.392 e. The number of rotatable bonds is 5. The number of benzene rings is 1. The highest BCUT2D eigenvalue weighted by molar-refractivity contribution is 7.89. The molecular weight excluding hydrogens is 262 g/mol. The number of aliphatic hydroxyl groups excluding tert-OH is 1. The lowest BCUT2D eigenvalue weighted by atomic mass is 10.1. The van der Waals surface area contributed by atoms with Crippen LogP contribution in [0.4, 0.5) is 0 Å². The average molecular weight is 285 g/mol. The van der Waals surface area contributed by atoms with E-state index in [0.29, 0.717) is 17.7 Å². The van der Waals surface area contributed by atoms with E-state index >= 15 is 0 Å². The first-order valence-corrected chi connectivity index (χ1v) is 7.92. The molecule has 1 aromatic rings. The molecule has 4 nitrogen and oxygen atoms in total. The molecule has 0 unspecified atom stereocenters. The van der Waals surface area contributed by atoms with Crippen molar-refractivity contribution < 1.29 is 13.5 Å². The summed E-state index contributed by atoms with van der Waals surface area (Å²) in [7, 11) is -3.51. The summed E-state index contributed by atoms with van der Waals surface area (Å²) in [6.07, 6.45) is 0. The molecule has 108 valence electrons. The third kappa shape index (κ3) is 3.16. The molecule has 0 radical (unpaired) electrons. The van der Waals surface area contributed by atoms with Gasteiger partial charge in [-0.1, -0.05) is 13.0 Å². The highest BCUT2D eigenvalue weighted by Gasteiger charge is 2.27. The molecule has 5 heteroatoms. The minimum absolute atomic E-state index is 0.0896. The molecule has 0 aliphatic carbocycles. The van der Waals surface area contributed by atoms with Crippen molar-refractivity contribution in [1.29, 1.82) is 0 Å². The Kier molecular flexibility index (Phi) is 5.12. The topological polar surface area (TPSA) is 57.6 Å². The summed E-state index contributed by atoms with van der Waals surface area (Å²) in [5, 5.41) is 9.30. The molecule has 0 fully saturated rings. The maximum Gasteiger partial charge on any atom is 0.243 e. The van der Waals surface area contributed by atoms with E-state index in [-0.39, 0.29) is 17.5 Å². The van der Waals surface area contributed by atoms with E-state index in [0.717, 1.165) is 5.56 Å². The zero-order valence-corrected chi connectivity index (χ0v) is 13.1. The van der Waals surface area contributed by atoms with Crippen LogP contribution < -0.4 is 0 Å². The van der Waals surface area contributed by atoms with Gasteiger partial charge in [0.1, 0.15) is 0 Å². The first-order chi connectivity index (χ1) is 8.75. The number of aliphatic hydroxyl groups is 1. The van der Waals surface area contributed by atoms with Crippen molar-refractivity contribution in [2.75, 3.05) is 6.54 Å². The molecule has 0 aromatic heterocycles. The van der Waals surface area contributed by atoms with Gasteiger partial charge in [0.2, 0.25) is 10.0 Å². The molecule has 0 bridgehead atoms. The zero-order valence-electron chi connectivity index (χ0n) is 12.3. The third-order valence-electron chi connectivity index (χ3n) is 3.28. The van der Waals surface area contributed by atoms with Crippen LogP contribution in [0, 0.1) is 13.8 Å². The molecular formula is C14H23NO3S. The summed E-state index contributed by atoms with van der Waals surface area (Å²) in [5.74, 6) is 0. The van der Waals surface area contributed by atoms with Crippen LogP contribution in [0.15, 0.2) is 17.0 Å². The van der Waals surface area contributed by atoms with Crippen LogP contribution >= 0.6 is 0 Å². The van der Waals surface area contributed by atoms with Gasteiger partial charge in [0.15, 0.2) is 0 Å². The van der Waals surface area contributed by atoms with Gasteiger partial charge >= 0.3 is 0 Å². The predicted molar refractivity (Wildman–Crippen MR) is 76.5 cm³/mol. The van der Waals surface area contributed by atoms with Gasteiger partial charge in [0, 0.05) is 12.6 Å². The summed E-state index contributed by atoms with van der Waals surface area (Å²) in [6, 6.07) is 3.31. The molecule has 0 aliphatic heterocycles. The molecule has 0 saturated carbocycles. The number of nitrogens with zero attached hydrogens (tertiary/aromatic N) is 1. The Bertz CT molecular complexity index is 550. The lowest BCUT2D eigenvalue weighted by molar-refractivity contribution is 0.280. The molecule has 0 saturated heterocycles. The van der Waals surface area contributed by atoms with Crippen LogP contribution in [0.3, 0.4) is 0 Å². The van der Waals surface area contributed by atoms with Crippen LogP contribution in [0.25, 0.3) is 0 Å². The Hall–Kier alpha value is -0.910. The van der Waals surface area contributed by atoms with E-state index < -0.39 is 10.0 Å². The van der Waals surface area contributed by atoms with E-state index in [9.17, 15) is 13.5 Å². The fraction of sp³-hybridized carbons (Fsp3) is 0.571. The maximum atomic E-state index is 12.6. The maximum absolute atomic E-state index is 12.6. The fourth-order valence-corrected chi connectivity index (χ4v) is 4.17.